The Morgan fingerprint density at radius 2 is 1.66 bits per heavy atom. The molecule has 1 aliphatic carbocycles. The third kappa shape index (κ3) is 5.30. The topological polar surface area (TPSA) is 90.3 Å². The molecule has 3 aromatic carbocycles. The molecule has 0 unspecified atom stereocenters. The summed E-state index contributed by atoms with van der Waals surface area (Å²) in [6.45, 7) is 0.111. The highest BCUT2D eigenvalue weighted by Crippen LogP contribution is 2.35. The Hall–Kier alpha value is -4.26. The van der Waals surface area contributed by atoms with Crippen molar-refractivity contribution in [2.75, 3.05) is 5.32 Å². The number of aryl methyl sites for hydroxylation is 1. The van der Waals surface area contributed by atoms with Crippen LogP contribution in [-0.2, 0) is 22.6 Å². The molecule has 0 spiro atoms. The summed E-state index contributed by atoms with van der Waals surface area (Å²) in [5.41, 5.74) is 2.63. The van der Waals surface area contributed by atoms with Crippen LogP contribution >= 0.6 is 0 Å². The molecular formula is C28H25N3O4. The number of aromatic nitrogens is 2. The summed E-state index contributed by atoms with van der Waals surface area (Å²) in [4.78, 5) is 42.4. The molecule has 1 N–H and O–H groups in total. The number of para-hydroxylation sites is 2. The second-order valence-electron chi connectivity index (χ2n) is 8.63. The fourth-order valence-electron chi connectivity index (χ4n) is 4.00. The molecule has 1 heterocycles. The first-order chi connectivity index (χ1) is 17.1. The van der Waals surface area contributed by atoms with E-state index in [1.54, 1.807) is 34.9 Å². The third-order valence-electron chi connectivity index (χ3n) is 5.99. The van der Waals surface area contributed by atoms with E-state index in [-0.39, 0.29) is 36.5 Å². The number of nitrogens with one attached hydrogen (secondary N) is 1. The molecule has 4 aromatic rings. The molecule has 0 atom stereocenters. The van der Waals surface area contributed by atoms with Gasteiger partial charge >= 0.3 is 5.97 Å². The van der Waals surface area contributed by atoms with Crippen LogP contribution in [0.15, 0.2) is 83.7 Å². The van der Waals surface area contributed by atoms with Crippen molar-refractivity contribution >= 4 is 28.5 Å². The Morgan fingerprint density at radius 1 is 0.943 bits per heavy atom. The van der Waals surface area contributed by atoms with Crippen molar-refractivity contribution in [3.63, 3.8) is 0 Å². The number of hydrogen-bond acceptors (Lipinski definition) is 5. The maximum atomic E-state index is 12.9. The van der Waals surface area contributed by atoms with Crippen molar-refractivity contribution in [3.05, 3.63) is 106 Å². The van der Waals surface area contributed by atoms with Crippen LogP contribution in [0.1, 0.15) is 47.1 Å². The van der Waals surface area contributed by atoms with Gasteiger partial charge in [-0.15, -0.1) is 0 Å². The van der Waals surface area contributed by atoms with Crippen molar-refractivity contribution in [1.29, 1.82) is 0 Å². The van der Waals surface area contributed by atoms with Crippen LogP contribution in [0, 0.1) is 0 Å². The minimum absolute atomic E-state index is 0.0436. The van der Waals surface area contributed by atoms with Gasteiger partial charge in [-0.05, 0) is 54.8 Å². The van der Waals surface area contributed by atoms with Gasteiger partial charge in [-0.3, -0.25) is 19.0 Å². The predicted molar refractivity (Wildman–Crippen MR) is 133 cm³/mol. The Kier molecular flexibility index (Phi) is 6.39. The molecule has 1 saturated carbocycles. The van der Waals surface area contributed by atoms with Gasteiger partial charge < -0.3 is 10.1 Å². The van der Waals surface area contributed by atoms with Crippen LogP contribution in [0.4, 0.5) is 5.69 Å². The second kappa shape index (κ2) is 9.93. The SMILES string of the molecule is O=C(CCc1nc2ccccc2c(=O)n1C1CC1)OCc1ccc(C(=O)Nc2ccccc2)cc1. The average molecular weight is 468 g/mol. The number of anilines is 1. The Morgan fingerprint density at radius 3 is 2.40 bits per heavy atom. The highest BCUT2D eigenvalue weighted by molar-refractivity contribution is 6.04. The van der Waals surface area contributed by atoms with E-state index >= 15 is 0 Å². The normalized spacial score (nSPS) is 12.9. The lowest BCUT2D eigenvalue weighted by Crippen LogP contribution is -2.25. The number of carbonyl (C=O) groups is 2. The van der Waals surface area contributed by atoms with Crippen molar-refractivity contribution in [2.24, 2.45) is 0 Å². The molecule has 1 fully saturated rings. The maximum Gasteiger partial charge on any atom is 0.306 e. The number of benzene rings is 3. The number of ether oxygens (including phenoxy) is 1. The number of fused-ring (bicyclic) bond motifs is 1. The van der Waals surface area contributed by atoms with Crippen molar-refractivity contribution in [3.8, 4) is 0 Å². The molecule has 1 aliphatic rings. The number of rotatable bonds is 8. The summed E-state index contributed by atoms with van der Waals surface area (Å²) in [5.74, 6) is 0.0620. The lowest BCUT2D eigenvalue weighted by molar-refractivity contribution is -0.144. The molecule has 1 aromatic heterocycles. The van der Waals surface area contributed by atoms with Crippen LogP contribution in [-0.4, -0.2) is 21.4 Å². The quantitative estimate of drug-likeness (QED) is 0.381. The average Bonchev–Trinajstić information content (AvgIpc) is 3.72. The Bertz CT molecular complexity index is 1420. The molecule has 1 amide bonds. The van der Waals surface area contributed by atoms with Gasteiger partial charge in [0, 0.05) is 23.7 Å². The van der Waals surface area contributed by atoms with Crippen molar-refractivity contribution in [2.45, 2.75) is 38.3 Å². The first-order valence-corrected chi connectivity index (χ1v) is 11.7. The number of esters is 1. The van der Waals surface area contributed by atoms with Gasteiger partial charge in [0.1, 0.15) is 12.4 Å². The minimum atomic E-state index is -0.361. The molecule has 0 aliphatic heterocycles. The van der Waals surface area contributed by atoms with E-state index in [1.807, 2.05) is 48.5 Å². The highest BCUT2D eigenvalue weighted by atomic mass is 16.5. The van der Waals surface area contributed by atoms with Crippen molar-refractivity contribution in [1.82, 2.24) is 9.55 Å². The van der Waals surface area contributed by atoms with Gasteiger partial charge in [0.05, 0.1) is 17.3 Å². The van der Waals surface area contributed by atoms with E-state index in [4.69, 9.17) is 4.74 Å². The Labute approximate surface area is 202 Å². The monoisotopic (exact) mass is 467 g/mol. The standard InChI is InChI=1S/C28H25N3O4/c32-26(17-16-25-30-24-9-5-4-8-23(24)28(34)31(25)22-14-15-22)35-18-19-10-12-20(13-11-19)27(33)29-21-6-2-1-3-7-21/h1-13,22H,14-18H2,(H,29,33). The van der Waals surface area contributed by atoms with Gasteiger partial charge in [-0.25, -0.2) is 4.98 Å². The zero-order valence-corrected chi connectivity index (χ0v) is 19.1. The molecule has 176 valence electrons. The van der Waals surface area contributed by atoms with Gasteiger partial charge in [-0.2, -0.15) is 0 Å². The molecule has 0 bridgehead atoms. The summed E-state index contributed by atoms with van der Waals surface area (Å²) in [6.07, 6.45) is 2.39. The number of amides is 1. The maximum absolute atomic E-state index is 12.9. The number of carbonyl (C=O) groups excluding carboxylic acids is 2. The highest BCUT2D eigenvalue weighted by Gasteiger charge is 2.28. The first kappa shape index (κ1) is 22.5. The molecule has 0 saturated heterocycles. The van der Waals surface area contributed by atoms with E-state index < -0.39 is 0 Å². The van der Waals surface area contributed by atoms with E-state index in [0.717, 1.165) is 24.1 Å². The lowest BCUT2D eigenvalue weighted by Gasteiger charge is -2.12. The van der Waals surface area contributed by atoms with E-state index in [2.05, 4.69) is 10.3 Å². The molecule has 7 heteroatoms. The molecule has 7 nitrogen and oxygen atoms in total. The van der Waals surface area contributed by atoms with Gasteiger partial charge in [0.15, 0.2) is 0 Å². The van der Waals surface area contributed by atoms with Gasteiger partial charge in [0.2, 0.25) is 0 Å². The minimum Gasteiger partial charge on any atom is -0.461 e. The van der Waals surface area contributed by atoms with Gasteiger partial charge in [-0.1, -0.05) is 42.5 Å². The number of hydrogen-bond donors (Lipinski definition) is 1. The molecule has 5 rings (SSSR count). The van der Waals surface area contributed by atoms with Crippen LogP contribution in [0.3, 0.4) is 0 Å². The molecular weight excluding hydrogens is 442 g/mol. The largest absolute Gasteiger partial charge is 0.461 e. The zero-order chi connectivity index (χ0) is 24.2. The smallest absolute Gasteiger partial charge is 0.306 e. The van der Waals surface area contributed by atoms with E-state index in [0.29, 0.717) is 28.7 Å². The Balaban J connectivity index is 1.17. The second-order valence-corrected chi connectivity index (χ2v) is 8.63. The fraction of sp³-hybridized carbons (Fsp3) is 0.214. The van der Waals surface area contributed by atoms with Crippen LogP contribution in [0.5, 0.6) is 0 Å². The summed E-state index contributed by atoms with van der Waals surface area (Å²) >= 11 is 0. The first-order valence-electron chi connectivity index (χ1n) is 11.7. The third-order valence-corrected chi connectivity index (χ3v) is 5.99. The fourth-order valence-corrected chi connectivity index (χ4v) is 4.00. The molecule has 0 radical (unpaired) electrons. The van der Waals surface area contributed by atoms with Crippen molar-refractivity contribution < 1.29 is 14.3 Å². The van der Waals surface area contributed by atoms with E-state index in [9.17, 15) is 14.4 Å². The summed E-state index contributed by atoms with van der Waals surface area (Å²) in [5, 5.41) is 3.44. The molecule has 35 heavy (non-hydrogen) atoms. The van der Waals surface area contributed by atoms with Gasteiger partial charge in [0.25, 0.3) is 11.5 Å². The lowest BCUT2D eigenvalue weighted by atomic mass is 10.1. The van der Waals surface area contributed by atoms with Crippen LogP contribution < -0.4 is 10.9 Å². The van der Waals surface area contributed by atoms with E-state index in [1.165, 1.54) is 0 Å². The van der Waals surface area contributed by atoms with Crippen LogP contribution in [0.2, 0.25) is 0 Å². The summed E-state index contributed by atoms with van der Waals surface area (Å²) in [7, 11) is 0. The van der Waals surface area contributed by atoms with Crippen LogP contribution in [0.25, 0.3) is 10.9 Å². The summed E-state index contributed by atoms with van der Waals surface area (Å²) in [6, 6.07) is 23.6. The zero-order valence-electron chi connectivity index (χ0n) is 19.1. The number of nitrogens with zero attached hydrogens (tertiary/aromatic N) is 2. The summed E-state index contributed by atoms with van der Waals surface area (Å²) < 4.78 is 7.17. The predicted octanol–water partition coefficient (Wildman–Crippen LogP) is 4.66.